The van der Waals surface area contributed by atoms with Crippen molar-refractivity contribution in [3.63, 3.8) is 0 Å². The third-order valence-electron chi connectivity index (χ3n) is 4.08. The number of halogens is 2. The molecular formula is C15H17F2N3O2. The number of fused-ring (bicyclic) bond motifs is 1. The lowest BCUT2D eigenvalue weighted by Gasteiger charge is -2.30. The van der Waals surface area contributed by atoms with E-state index < -0.39 is 11.6 Å². The lowest BCUT2D eigenvalue weighted by molar-refractivity contribution is -0.123. The summed E-state index contributed by atoms with van der Waals surface area (Å²) in [5, 5.41) is 5.61. The number of carbonyl (C=O) groups is 2. The van der Waals surface area contributed by atoms with Gasteiger partial charge in [-0.3, -0.25) is 14.5 Å². The summed E-state index contributed by atoms with van der Waals surface area (Å²) in [6.07, 6.45) is 4.06. The minimum Gasteiger partial charge on any atom is -0.374 e. The zero-order valence-electron chi connectivity index (χ0n) is 12.0. The van der Waals surface area contributed by atoms with E-state index in [1.807, 2.05) is 0 Å². The molecule has 22 heavy (non-hydrogen) atoms. The molecular weight excluding hydrogens is 292 g/mol. The Morgan fingerprint density at radius 1 is 1.27 bits per heavy atom. The summed E-state index contributed by atoms with van der Waals surface area (Å²) in [5.74, 6) is -2.66. The molecule has 2 aliphatic rings. The number of benzene rings is 1. The molecule has 0 aromatic heterocycles. The van der Waals surface area contributed by atoms with Crippen LogP contribution in [0.15, 0.2) is 12.1 Å². The van der Waals surface area contributed by atoms with Crippen LogP contribution in [0.2, 0.25) is 0 Å². The number of hydrogen-bond donors (Lipinski definition) is 2. The molecule has 2 amide bonds. The molecule has 1 fully saturated rings. The Bertz CT molecular complexity index is 615. The second-order valence-electron chi connectivity index (χ2n) is 5.67. The van der Waals surface area contributed by atoms with Gasteiger partial charge >= 0.3 is 0 Å². The SMILES string of the molecule is O=C(CN1C(=O)CNc2cc(F)c(F)cc21)NC1CCCC1. The van der Waals surface area contributed by atoms with Crippen LogP contribution < -0.4 is 15.5 Å². The van der Waals surface area contributed by atoms with E-state index in [-0.39, 0.29) is 36.6 Å². The molecule has 1 aliphatic carbocycles. The first-order valence-electron chi connectivity index (χ1n) is 7.37. The van der Waals surface area contributed by atoms with Gasteiger partial charge in [-0.15, -0.1) is 0 Å². The summed E-state index contributed by atoms with van der Waals surface area (Å²) in [6.45, 7) is -0.232. The van der Waals surface area contributed by atoms with Crippen molar-refractivity contribution in [2.45, 2.75) is 31.7 Å². The molecule has 1 aromatic carbocycles. The van der Waals surface area contributed by atoms with Gasteiger partial charge in [0.25, 0.3) is 0 Å². The molecule has 0 saturated heterocycles. The van der Waals surface area contributed by atoms with Crippen molar-refractivity contribution in [2.24, 2.45) is 0 Å². The summed E-state index contributed by atoms with van der Waals surface area (Å²) in [6, 6.07) is 2.09. The molecule has 0 unspecified atom stereocenters. The number of nitrogens with one attached hydrogen (secondary N) is 2. The maximum atomic E-state index is 13.4. The molecule has 1 heterocycles. The molecule has 1 aromatic rings. The zero-order valence-corrected chi connectivity index (χ0v) is 12.0. The lowest BCUT2D eigenvalue weighted by atomic mass is 10.1. The molecule has 0 atom stereocenters. The average molecular weight is 309 g/mol. The van der Waals surface area contributed by atoms with Crippen LogP contribution in [0.1, 0.15) is 25.7 Å². The van der Waals surface area contributed by atoms with Gasteiger partial charge in [-0.05, 0) is 12.8 Å². The van der Waals surface area contributed by atoms with Gasteiger partial charge in [-0.1, -0.05) is 12.8 Å². The molecule has 5 nitrogen and oxygen atoms in total. The highest BCUT2D eigenvalue weighted by atomic mass is 19.2. The van der Waals surface area contributed by atoms with E-state index in [2.05, 4.69) is 10.6 Å². The standard InChI is InChI=1S/C15H17F2N3O2/c16-10-5-12-13(6-11(10)17)20(15(22)7-18-12)8-14(21)19-9-3-1-2-4-9/h5-6,9,18H,1-4,7-8H2,(H,19,21). The molecule has 7 heteroatoms. The molecule has 0 radical (unpaired) electrons. The Morgan fingerprint density at radius 2 is 1.95 bits per heavy atom. The second-order valence-corrected chi connectivity index (χ2v) is 5.67. The fourth-order valence-corrected chi connectivity index (χ4v) is 2.96. The van der Waals surface area contributed by atoms with Gasteiger partial charge in [-0.25, -0.2) is 8.78 Å². The minimum absolute atomic E-state index is 0.0468. The van der Waals surface area contributed by atoms with E-state index in [1.54, 1.807) is 0 Å². The lowest BCUT2D eigenvalue weighted by Crippen LogP contribution is -2.47. The van der Waals surface area contributed by atoms with Gasteiger partial charge in [-0.2, -0.15) is 0 Å². The van der Waals surface area contributed by atoms with Gasteiger partial charge in [0.1, 0.15) is 6.54 Å². The van der Waals surface area contributed by atoms with Crippen molar-refractivity contribution in [1.82, 2.24) is 5.32 Å². The van der Waals surface area contributed by atoms with Crippen LogP contribution in [-0.4, -0.2) is 30.9 Å². The number of nitrogens with zero attached hydrogens (tertiary/aromatic N) is 1. The summed E-state index contributed by atoms with van der Waals surface area (Å²) in [7, 11) is 0. The Balaban J connectivity index is 1.76. The van der Waals surface area contributed by atoms with Crippen molar-refractivity contribution < 1.29 is 18.4 Å². The van der Waals surface area contributed by atoms with Crippen molar-refractivity contribution >= 4 is 23.2 Å². The van der Waals surface area contributed by atoms with Crippen molar-refractivity contribution in [1.29, 1.82) is 0 Å². The van der Waals surface area contributed by atoms with E-state index in [9.17, 15) is 18.4 Å². The fourth-order valence-electron chi connectivity index (χ4n) is 2.96. The first kappa shape index (κ1) is 14.7. The van der Waals surface area contributed by atoms with Crippen molar-refractivity contribution in [3.05, 3.63) is 23.8 Å². The highest BCUT2D eigenvalue weighted by molar-refractivity contribution is 6.05. The molecule has 0 bridgehead atoms. The normalized spacial score (nSPS) is 18.1. The highest BCUT2D eigenvalue weighted by Crippen LogP contribution is 2.31. The minimum atomic E-state index is -1.04. The number of rotatable bonds is 3. The number of anilines is 2. The van der Waals surface area contributed by atoms with Crippen LogP contribution in [0, 0.1) is 11.6 Å². The van der Waals surface area contributed by atoms with Crippen LogP contribution in [0.25, 0.3) is 0 Å². The van der Waals surface area contributed by atoms with Crippen LogP contribution >= 0.6 is 0 Å². The molecule has 1 aliphatic heterocycles. The third-order valence-corrected chi connectivity index (χ3v) is 4.08. The first-order chi connectivity index (χ1) is 10.5. The van der Waals surface area contributed by atoms with Gasteiger partial charge < -0.3 is 10.6 Å². The Labute approximate surface area is 126 Å². The van der Waals surface area contributed by atoms with E-state index in [0.29, 0.717) is 5.69 Å². The van der Waals surface area contributed by atoms with Crippen LogP contribution in [0.4, 0.5) is 20.2 Å². The van der Waals surface area contributed by atoms with Gasteiger partial charge in [0, 0.05) is 18.2 Å². The maximum absolute atomic E-state index is 13.4. The molecule has 118 valence electrons. The largest absolute Gasteiger partial charge is 0.374 e. The third kappa shape index (κ3) is 2.88. The topological polar surface area (TPSA) is 61.4 Å². The summed E-state index contributed by atoms with van der Waals surface area (Å²) >= 11 is 0. The Morgan fingerprint density at radius 3 is 2.68 bits per heavy atom. The number of hydrogen-bond acceptors (Lipinski definition) is 3. The van der Waals surface area contributed by atoms with Gasteiger partial charge in [0.15, 0.2) is 11.6 Å². The van der Waals surface area contributed by atoms with E-state index in [0.717, 1.165) is 37.8 Å². The van der Waals surface area contributed by atoms with Gasteiger partial charge in [0.2, 0.25) is 11.8 Å². The predicted molar refractivity (Wildman–Crippen MR) is 77.6 cm³/mol. The summed E-state index contributed by atoms with van der Waals surface area (Å²) in [5.41, 5.74) is 0.504. The smallest absolute Gasteiger partial charge is 0.246 e. The summed E-state index contributed by atoms with van der Waals surface area (Å²) < 4.78 is 26.7. The van der Waals surface area contributed by atoms with Gasteiger partial charge in [0.05, 0.1) is 17.9 Å². The van der Waals surface area contributed by atoms with Crippen molar-refractivity contribution in [3.8, 4) is 0 Å². The van der Waals surface area contributed by atoms with Crippen LogP contribution in [0.5, 0.6) is 0 Å². The quantitative estimate of drug-likeness (QED) is 0.895. The van der Waals surface area contributed by atoms with Crippen LogP contribution in [-0.2, 0) is 9.59 Å². The van der Waals surface area contributed by atoms with E-state index in [4.69, 9.17) is 0 Å². The monoisotopic (exact) mass is 309 g/mol. The molecule has 1 saturated carbocycles. The summed E-state index contributed by atoms with van der Waals surface area (Å²) in [4.78, 5) is 25.3. The zero-order chi connectivity index (χ0) is 15.7. The number of amides is 2. The fraction of sp³-hybridized carbons (Fsp3) is 0.467. The highest BCUT2D eigenvalue weighted by Gasteiger charge is 2.28. The Kier molecular flexibility index (Phi) is 3.96. The molecule has 3 rings (SSSR count). The second kappa shape index (κ2) is 5.90. The van der Waals surface area contributed by atoms with Crippen LogP contribution in [0.3, 0.4) is 0 Å². The molecule has 0 spiro atoms. The maximum Gasteiger partial charge on any atom is 0.246 e. The first-order valence-corrected chi connectivity index (χ1v) is 7.37. The van der Waals surface area contributed by atoms with E-state index >= 15 is 0 Å². The molecule has 2 N–H and O–H groups in total. The Hall–Kier alpha value is -2.18. The average Bonchev–Trinajstić information content (AvgIpc) is 2.97. The van der Waals surface area contributed by atoms with E-state index in [1.165, 1.54) is 4.90 Å². The predicted octanol–water partition coefficient (Wildman–Crippen LogP) is 1.78. The van der Waals surface area contributed by atoms with Crippen molar-refractivity contribution in [2.75, 3.05) is 23.3 Å². The number of carbonyl (C=O) groups excluding carboxylic acids is 2.